The molecular weight excluding hydrogens is 288 g/mol. The highest BCUT2D eigenvalue weighted by atomic mass is 35.5. The lowest BCUT2D eigenvalue weighted by Crippen LogP contribution is -2.42. The van der Waals surface area contributed by atoms with Crippen molar-refractivity contribution in [3.05, 3.63) is 28.3 Å². The minimum Gasteiger partial charge on any atom is -0.491 e. The summed E-state index contributed by atoms with van der Waals surface area (Å²) in [5.41, 5.74) is 0.953. The van der Waals surface area contributed by atoms with Gasteiger partial charge in [0.05, 0.1) is 17.0 Å². The topological polar surface area (TPSA) is 46.5 Å². The Balaban J connectivity index is 1.95. The van der Waals surface area contributed by atoms with E-state index in [2.05, 4.69) is 0 Å². The van der Waals surface area contributed by atoms with Crippen molar-refractivity contribution in [2.45, 2.75) is 50.9 Å². The Bertz CT molecular complexity index is 559. The van der Waals surface area contributed by atoms with Crippen LogP contribution >= 0.6 is 11.6 Å². The molecule has 114 valence electrons. The molecule has 1 N–H and O–H groups in total. The van der Waals surface area contributed by atoms with Crippen molar-refractivity contribution >= 4 is 17.6 Å². The van der Waals surface area contributed by atoms with Crippen molar-refractivity contribution in [3.8, 4) is 5.75 Å². The summed E-state index contributed by atoms with van der Waals surface area (Å²) in [5, 5.41) is 10.2. The Morgan fingerprint density at radius 2 is 2.10 bits per heavy atom. The van der Waals surface area contributed by atoms with E-state index in [9.17, 15) is 9.90 Å². The number of carboxylic acids is 1. The van der Waals surface area contributed by atoms with Gasteiger partial charge in [-0.3, -0.25) is 4.79 Å². The van der Waals surface area contributed by atoms with Gasteiger partial charge >= 0.3 is 5.97 Å². The zero-order chi connectivity index (χ0) is 15.0. The average molecular weight is 309 g/mol. The molecular formula is C17H21ClO3. The maximum atomic E-state index is 11.8. The summed E-state index contributed by atoms with van der Waals surface area (Å²) in [7, 11) is 0. The van der Waals surface area contributed by atoms with Gasteiger partial charge in [0.1, 0.15) is 5.75 Å². The van der Waals surface area contributed by atoms with Gasteiger partial charge in [0.15, 0.2) is 0 Å². The quantitative estimate of drug-likeness (QED) is 0.880. The van der Waals surface area contributed by atoms with E-state index < -0.39 is 11.4 Å². The van der Waals surface area contributed by atoms with Crippen molar-refractivity contribution in [3.63, 3.8) is 0 Å². The monoisotopic (exact) mass is 308 g/mol. The van der Waals surface area contributed by atoms with Crippen LogP contribution in [0, 0.1) is 12.8 Å². The Morgan fingerprint density at radius 1 is 1.38 bits per heavy atom. The predicted octanol–water partition coefficient (Wildman–Crippen LogP) is 4.33. The van der Waals surface area contributed by atoms with Gasteiger partial charge in [0.25, 0.3) is 0 Å². The van der Waals surface area contributed by atoms with Gasteiger partial charge in [-0.25, -0.2) is 0 Å². The summed E-state index contributed by atoms with van der Waals surface area (Å²) in [4.78, 5) is 11.8. The summed E-state index contributed by atoms with van der Waals surface area (Å²) >= 11 is 6.35. The van der Waals surface area contributed by atoms with Crippen LogP contribution < -0.4 is 4.74 Å². The Kier molecular flexibility index (Phi) is 3.87. The van der Waals surface area contributed by atoms with Crippen molar-refractivity contribution in [2.24, 2.45) is 5.92 Å². The molecule has 0 atom stereocenters. The summed E-state index contributed by atoms with van der Waals surface area (Å²) < 4.78 is 5.96. The molecule has 0 heterocycles. The van der Waals surface area contributed by atoms with Crippen molar-refractivity contribution in [2.75, 3.05) is 6.61 Å². The third-order valence-electron chi connectivity index (χ3n) is 5.01. The second-order valence-corrected chi connectivity index (χ2v) is 6.88. The Labute approximate surface area is 130 Å². The third-order valence-corrected chi connectivity index (χ3v) is 5.29. The lowest BCUT2D eigenvalue weighted by Gasteiger charge is -2.39. The van der Waals surface area contributed by atoms with E-state index in [1.54, 1.807) is 0 Å². The number of aryl methyl sites for hydroxylation is 1. The van der Waals surface area contributed by atoms with Crippen LogP contribution in [0.5, 0.6) is 5.75 Å². The normalized spacial score (nSPS) is 20.5. The van der Waals surface area contributed by atoms with E-state index in [1.165, 1.54) is 19.3 Å². The van der Waals surface area contributed by atoms with Crippen LogP contribution in [0.3, 0.4) is 0 Å². The molecule has 0 aliphatic heterocycles. The van der Waals surface area contributed by atoms with Gasteiger partial charge in [0.2, 0.25) is 0 Å². The highest BCUT2D eigenvalue weighted by molar-refractivity contribution is 6.32. The highest BCUT2D eigenvalue weighted by Crippen LogP contribution is 2.49. The number of ether oxygens (including phenoxy) is 1. The molecule has 1 aromatic rings. The lowest BCUT2D eigenvalue weighted by molar-refractivity contribution is -0.147. The van der Waals surface area contributed by atoms with Crippen LogP contribution in [0.1, 0.15) is 49.7 Å². The summed E-state index contributed by atoms with van der Waals surface area (Å²) in [6.07, 6.45) is 5.94. The largest absolute Gasteiger partial charge is 0.491 e. The second kappa shape index (κ2) is 5.53. The molecule has 2 saturated carbocycles. The highest BCUT2D eigenvalue weighted by Gasteiger charge is 2.48. The number of carboxylic acid groups (broad SMARTS) is 1. The molecule has 2 aliphatic rings. The molecule has 21 heavy (non-hydrogen) atoms. The molecule has 2 aliphatic carbocycles. The molecule has 0 saturated heterocycles. The van der Waals surface area contributed by atoms with E-state index in [4.69, 9.17) is 16.3 Å². The van der Waals surface area contributed by atoms with Gasteiger partial charge in [0, 0.05) is 5.56 Å². The molecule has 3 rings (SSSR count). The maximum absolute atomic E-state index is 11.8. The number of halogens is 1. The molecule has 0 bridgehead atoms. The van der Waals surface area contributed by atoms with Crippen molar-refractivity contribution < 1.29 is 14.6 Å². The number of hydrogen-bond donors (Lipinski definition) is 1. The molecule has 0 unspecified atom stereocenters. The summed E-state index contributed by atoms with van der Waals surface area (Å²) in [5.74, 6) is 0.428. The zero-order valence-corrected chi connectivity index (χ0v) is 13.1. The van der Waals surface area contributed by atoms with E-state index in [1.807, 2.05) is 19.1 Å². The first-order valence-electron chi connectivity index (χ1n) is 7.70. The molecule has 0 radical (unpaired) electrons. The molecule has 0 spiro atoms. The molecule has 0 aromatic heterocycles. The van der Waals surface area contributed by atoms with Crippen LogP contribution in [-0.4, -0.2) is 17.7 Å². The zero-order valence-electron chi connectivity index (χ0n) is 12.3. The van der Waals surface area contributed by atoms with Crippen molar-refractivity contribution in [1.82, 2.24) is 0 Å². The van der Waals surface area contributed by atoms with E-state index in [0.717, 1.165) is 17.5 Å². The van der Waals surface area contributed by atoms with Gasteiger partial charge in [-0.2, -0.15) is 0 Å². The number of hydrogen-bond acceptors (Lipinski definition) is 2. The van der Waals surface area contributed by atoms with Gasteiger partial charge in [-0.1, -0.05) is 30.5 Å². The van der Waals surface area contributed by atoms with E-state index in [0.29, 0.717) is 36.1 Å². The number of benzene rings is 1. The number of aliphatic carboxylic acids is 1. The van der Waals surface area contributed by atoms with Crippen molar-refractivity contribution in [1.29, 1.82) is 0 Å². The van der Waals surface area contributed by atoms with Gasteiger partial charge < -0.3 is 9.84 Å². The Morgan fingerprint density at radius 3 is 2.57 bits per heavy atom. The SMILES string of the molecule is Cc1cc(Cl)c(OCC2CCC2)c(C2(C(=O)O)CCC2)c1. The standard InChI is InChI=1S/C17H21ClO3/c1-11-8-13(17(16(19)20)6-3-7-17)15(14(18)9-11)21-10-12-4-2-5-12/h8-9,12H,2-7,10H2,1H3,(H,19,20). The molecule has 1 aromatic carbocycles. The molecule has 0 amide bonds. The van der Waals surface area contributed by atoms with E-state index >= 15 is 0 Å². The van der Waals surface area contributed by atoms with Crippen LogP contribution in [0.25, 0.3) is 0 Å². The first-order valence-corrected chi connectivity index (χ1v) is 8.07. The first-order chi connectivity index (χ1) is 10.0. The summed E-state index contributed by atoms with van der Waals surface area (Å²) in [6, 6.07) is 3.80. The fourth-order valence-corrected chi connectivity index (χ4v) is 3.55. The number of carbonyl (C=O) groups is 1. The number of rotatable bonds is 5. The summed E-state index contributed by atoms with van der Waals surface area (Å²) in [6.45, 7) is 2.59. The predicted molar refractivity (Wildman–Crippen MR) is 82.2 cm³/mol. The molecule has 4 heteroatoms. The average Bonchev–Trinajstić information content (AvgIpc) is 2.27. The van der Waals surface area contributed by atoms with Gasteiger partial charge in [-0.15, -0.1) is 0 Å². The molecule has 2 fully saturated rings. The maximum Gasteiger partial charge on any atom is 0.314 e. The van der Waals surface area contributed by atoms with Crippen LogP contribution in [0.4, 0.5) is 0 Å². The third kappa shape index (κ3) is 2.52. The van der Waals surface area contributed by atoms with Crippen LogP contribution in [-0.2, 0) is 10.2 Å². The Hall–Kier alpha value is -1.22. The fraction of sp³-hybridized carbons (Fsp3) is 0.588. The van der Waals surface area contributed by atoms with E-state index in [-0.39, 0.29) is 0 Å². The minimum atomic E-state index is -0.801. The lowest BCUT2D eigenvalue weighted by atomic mass is 9.64. The smallest absolute Gasteiger partial charge is 0.314 e. The fourth-order valence-electron chi connectivity index (χ4n) is 3.22. The van der Waals surface area contributed by atoms with Crippen LogP contribution in [0.2, 0.25) is 5.02 Å². The van der Waals surface area contributed by atoms with Crippen LogP contribution in [0.15, 0.2) is 12.1 Å². The second-order valence-electron chi connectivity index (χ2n) is 6.47. The first kappa shape index (κ1) is 14.7. The minimum absolute atomic E-state index is 0.539. The van der Waals surface area contributed by atoms with Gasteiger partial charge in [-0.05, 0) is 50.2 Å². The molecule has 3 nitrogen and oxygen atoms in total.